The van der Waals surface area contributed by atoms with E-state index < -0.39 is 30.0 Å². The lowest BCUT2D eigenvalue weighted by atomic mass is 9.90. The Morgan fingerprint density at radius 1 is 1.21 bits per heavy atom. The molecule has 0 unspecified atom stereocenters. The molecule has 0 bridgehead atoms. The highest BCUT2D eigenvalue weighted by atomic mass is 19.3. The van der Waals surface area contributed by atoms with Crippen LogP contribution in [0.25, 0.3) is 10.9 Å². The van der Waals surface area contributed by atoms with Crippen molar-refractivity contribution in [2.24, 2.45) is 0 Å². The van der Waals surface area contributed by atoms with Gasteiger partial charge < -0.3 is 9.88 Å². The molecule has 0 saturated heterocycles. The first-order chi connectivity index (χ1) is 13.8. The Morgan fingerprint density at radius 3 is 2.62 bits per heavy atom. The summed E-state index contributed by atoms with van der Waals surface area (Å²) >= 11 is 0. The van der Waals surface area contributed by atoms with Crippen LogP contribution >= 0.6 is 0 Å². The normalized spacial score (nSPS) is 19.9. The zero-order valence-corrected chi connectivity index (χ0v) is 15.4. The highest BCUT2D eigenvalue weighted by Crippen LogP contribution is 2.35. The summed E-state index contributed by atoms with van der Waals surface area (Å²) in [6.45, 7) is 1.62. The highest BCUT2D eigenvalue weighted by Gasteiger charge is 2.31. The SMILES string of the molecule is C[C@@H](Nc1ncnc2cc(=O)n(C3CC(F)C3)cc12)c1cccc(C(F)F)c1F. The van der Waals surface area contributed by atoms with E-state index in [4.69, 9.17) is 0 Å². The van der Waals surface area contributed by atoms with E-state index in [1.54, 1.807) is 13.1 Å². The third kappa shape index (κ3) is 3.56. The first-order valence-corrected chi connectivity index (χ1v) is 9.19. The number of halogens is 4. The summed E-state index contributed by atoms with van der Waals surface area (Å²) in [5.74, 6) is -0.643. The first-order valence-electron chi connectivity index (χ1n) is 9.19. The molecule has 9 heteroatoms. The minimum atomic E-state index is -2.92. The zero-order valence-electron chi connectivity index (χ0n) is 15.4. The fraction of sp³-hybridized carbons (Fsp3) is 0.350. The second-order valence-corrected chi connectivity index (χ2v) is 7.18. The Morgan fingerprint density at radius 2 is 1.93 bits per heavy atom. The molecule has 1 aliphatic carbocycles. The number of nitrogens with one attached hydrogen (secondary N) is 1. The Labute approximate surface area is 163 Å². The Hall–Kier alpha value is -2.97. The van der Waals surface area contributed by atoms with Gasteiger partial charge in [-0.2, -0.15) is 0 Å². The van der Waals surface area contributed by atoms with Crippen molar-refractivity contribution < 1.29 is 17.6 Å². The third-order valence-electron chi connectivity index (χ3n) is 5.26. The van der Waals surface area contributed by atoms with Crippen molar-refractivity contribution in [3.05, 3.63) is 64.1 Å². The molecule has 0 amide bonds. The van der Waals surface area contributed by atoms with Gasteiger partial charge in [-0.25, -0.2) is 27.5 Å². The molecule has 4 rings (SSSR count). The molecule has 152 valence electrons. The summed E-state index contributed by atoms with van der Waals surface area (Å²) in [5.41, 5.74) is -0.498. The quantitative estimate of drug-likeness (QED) is 0.624. The van der Waals surface area contributed by atoms with Gasteiger partial charge in [-0.1, -0.05) is 18.2 Å². The number of nitrogens with zero attached hydrogens (tertiary/aromatic N) is 3. The van der Waals surface area contributed by atoms with Crippen LogP contribution in [0, 0.1) is 5.82 Å². The largest absolute Gasteiger partial charge is 0.363 e. The van der Waals surface area contributed by atoms with E-state index in [0.29, 0.717) is 16.7 Å². The predicted octanol–water partition coefficient (Wildman–Crippen LogP) is 4.71. The van der Waals surface area contributed by atoms with Crippen molar-refractivity contribution in [2.45, 2.75) is 44.4 Å². The first kappa shape index (κ1) is 19.4. The monoisotopic (exact) mass is 406 g/mol. The van der Waals surface area contributed by atoms with Gasteiger partial charge in [0.2, 0.25) is 0 Å². The van der Waals surface area contributed by atoms with E-state index in [1.165, 1.54) is 29.1 Å². The van der Waals surface area contributed by atoms with Crippen LogP contribution in [0.15, 0.2) is 41.6 Å². The number of fused-ring (bicyclic) bond motifs is 1. The van der Waals surface area contributed by atoms with Crippen molar-refractivity contribution in [3.8, 4) is 0 Å². The molecule has 2 aromatic heterocycles. The van der Waals surface area contributed by atoms with Crippen molar-refractivity contribution in [1.82, 2.24) is 14.5 Å². The molecule has 1 aromatic carbocycles. The topological polar surface area (TPSA) is 59.8 Å². The van der Waals surface area contributed by atoms with Gasteiger partial charge in [0.25, 0.3) is 12.0 Å². The second-order valence-electron chi connectivity index (χ2n) is 7.18. The lowest BCUT2D eigenvalue weighted by molar-refractivity contribution is 0.134. The van der Waals surface area contributed by atoms with Crippen LogP contribution in [0.2, 0.25) is 0 Å². The van der Waals surface area contributed by atoms with Crippen LogP contribution in [-0.2, 0) is 0 Å². The standard InChI is InChI=1S/C20H18F4N4O/c1-10(13-3-2-4-14(18(13)22)19(23)24)27-20-15-8-28(12-5-11(21)6-12)17(29)7-16(15)25-9-26-20/h2-4,7-12,19H,5-6H2,1H3,(H,25,26,27)/t10-,11?,12?/m1/s1. The van der Waals surface area contributed by atoms with Crippen LogP contribution in [0.4, 0.5) is 23.4 Å². The van der Waals surface area contributed by atoms with Crippen molar-refractivity contribution in [2.75, 3.05) is 5.32 Å². The predicted molar refractivity (Wildman–Crippen MR) is 100 cm³/mol. The maximum Gasteiger partial charge on any atom is 0.266 e. The van der Waals surface area contributed by atoms with E-state index in [-0.39, 0.29) is 30.0 Å². The molecule has 2 heterocycles. The fourth-order valence-electron chi connectivity index (χ4n) is 3.55. The van der Waals surface area contributed by atoms with Crippen LogP contribution in [0.1, 0.15) is 49.4 Å². The summed E-state index contributed by atoms with van der Waals surface area (Å²) in [6, 6.07) is 4.28. The zero-order chi connectivity index (χ0) is 20.7. The Balaban J connectivity index is 1.70. The molecular weight excluding hydrogens is 388 g/mol. The number of benzene rings is 1. The average molecular weight is 406 g/mol. The smallest absolute Gasteiger partial charge is 0.266 e. The molecule has 3 aromatic rings. The molecule has 5 nitrogen and oxygen atoms in total. The molecule has 1 fully saturated rings. The van der Waals surface area contributed by atoms with Crippen molar-refractivity contribution in [1.29, 1.82) is 0 Å². The van der Waals surface area contributed by atoms with Gasteiger partial charge in [-0.3, -0.25) is 4.79 Å². The highest BCUT2D eigenvalue weighted by molar-refractivity contribution is 5.88. The van der Waals surface area contributed by atoms with E-state index in [0.717, 1.165) is 6.07 Å². The number of hydrogen-bond acceptors (Lipinski definition) is 4. The van der Waals surface area contributed by atoms with Gasteiger partial charge in [0.05, 0.1) is 22.5 Å². The van der Waals surface area contributed by atoms with Crippen LogP contribution in [0.3, 0.4) is 0 Å². The summed E-state index contributed by atoms with van der Waals surface area (Å²) in [5, 5.41) is 3.52. The van der Waals surface area contributed by atoms with Crippen LogP contribution in [-0.4, -0.2) is 20.7 Å². The number of anilines is 1. The fourth-order valence-corrected chi connectivity index (χ4v) is 3.55. The molecule has 29 heavy (non-hydrogen) atoms. The van der Waals surface area contributed by atoms with Crippen LogP contribution in [0.5, 0.6) is 0 Å². The third-order valence-corrected chi connectivity index (χ3v) is 5.26. The minimum absolute atomic E-state index is 0.0714. The summed E-state index contributed by atoms with van der Waals surface area (Å²) < 4.78 is 55.1. The average Bonchev–Trinajstić information content (AvgIpc) is 2.65. The van der Waals surface area contributed by atoms with Crippen molar-refractivity contribution in [3.63, 3.8) is 0 Å². The molecule has 0 aliphatic heterocycles. The van der Waals surface area contributed by atoms with Gasteiger partial charge >= 0.3 is 0 Å². The number of aromatic nitrogens is 3. The van der Waals surface area contributed by atoms with E-state index in [1.807, 2.05) is 0 Å². The molecule has 1 aliphatic rings. The molecule has 0 radical (unpaired) electrons. The molecule has 1 atom stereocenters. The number of pyridine rings is 1. The van der Waals surface area contributed by atoms with Crippen LogP contribution < -0.4 is 10.9 Å². The van der Waals surface area contributed by atoms with E-state index >= 15 is 0 Å². The van der Waals surface area contributed by atoms with Crippen molar-refractivity contribution >= 4 is 16.7 Å². The summed E-state index contributed by atoms with van der Waals surface area (Å²) in [4.78, 5) is 20.6. The molecule has 0 spiro atoms. The van der Waals surface area contributed by atoms with Gasteiger partial charge in [0.15, 0.2) is 0 Å². The number of hydrogen-bond donors (Lipinski definition) is 1. The maximum atomic E-state index is 14.5. The lowest BCUT2D eigenvalue weighted by Gasteiger charge is -2.31. The van der Waals surface area contributed by atoms with Gasteiger partial charge in [-0.15, -0.1) is 0 Å². The van der Waals surface area contributed by atoms with Gasteiger partial charge in [0, 0.05) is 23.9 Å². The summed E-state index contributed by atoms with van der Waals surface area (Å²) in [7, 11) is 0. The number of rotatable bonds is 5. The molecular formula is C20H18F4N4O. The lowest BCUT2D eigenvalue weighted by Crippen LogP contribution is -2.34. The van der Waals surface area contributed by atoms with Gasteiger partial charge in [0.1, 0.15) is 24.1 Å². The summed E-state index contributed by atoms with van der Waals surface area (Å²) in [6.07, 6.45) is -0.479. The number of alkyl halides is 3. The van der Waals surface area contributed by atoms with E-state index in [9.17, 15) is 22.4 Å². The Bertz CT molecular complexity index is 1110. The second kappa shape index (κ2) is 7.46. The Kier molecular flexibility index (Phi) is 4.97. The van der Waals surface area contributed by atoms with Gasteiger partial charge in [-0.05, 0) is 19.8 Å². The molecule has 1 saturated carbocycles. The molecule has 1 N–H and O–H groups in total. The maximum absolute atomic E-state index is 14.5. The van der Waals surface area contributed by atoms with E-state index in [2.05, 4.69) is 15.3 Å². The minimum Gasteiger partial charge on any atom is -0.363 e.